The van der Waals surface area contributed by atoms with Gasteiger partial charge in [-0.05, 0) is 5.92 Å². The first-order chi connectivity index (χ1) is 6.18. The monoisotopic (exact) mass is 188 g/mol. The highest BCUT2D eigenvalue weighted by Crippen LogP contribution is 2.00. The van der Waals surface area contributed by atoms with E-state index in [1.807, 2.05) is 13.8 Å². The van der Waals surface area contributed by atoms with E-state index < -0.39 is 0 Å². The number of hydrogen-bond donors (Lipinski definition) is 0. The average Bonchev–Trinajstić information content (AvgIpc) is 2.10. The topological polar surface area (TPSA) is 0 Å². The first kappa shape index (κ1) is 18.7. The van der Waals surface area contributed by atoms with Gasteiger partial charge in [0.15, 0.2) is 0 Å². The molecular formula is C13H32. The predicted molar refractivity (Wildman–Crippen MR) is 66.3 cm³/mol. The molecule has 0 aromatic heterocycles. The minimum absolute atomic E-state index is 0.898. The quantitative estimate of drug-likeness (QED) is 0.533. The van der Waals surface area contributed by atoms with E-state index >= 15 is 0 Å². The lowest BCUT2D eigenvalue weighted by Gasteiger charge is -1.95. The molecular weight excluding hydrogens is 156 g/mol. The Hall–Kier alpha value is 0. The molecule has 0 aromatic rings. The SMILES string of the molecule is CC.CCCC(C)C.CCCCC. The molecule has 0 atom stereocenters. The van der Waals surface area contributed by atoms with E-state index in [4.69, 9.17) is 0 Å². The van der Waals surface area contributed by atoms with Crippen LogP contribution in [0.1, 0.15) is 80.6 Å². The summed E-state index contributed by atoms with van der Waals surface area (Å²) >= 11 is 0. The van der Waals surface area contributed by atoms with Crippen LogP contribution in [-0.4, -0.2) is 0 Å². The second-order valence-corrected chi connectivity index (χ2v) is 3.54. The first-order valence-corrected chi connectivity index (χ1v) is 6.18. The summed E-state index contributed by atoms with van der Waals surface area (Å²) in [7, 11) is 0. The Labute approximate surface area is 87.1 Å². The highest BCUT2D eigenvalue weighted by atomic mass is 13.9. The summed E-state index contributed by atoms with van der Waals surface area (Å²) in [5.74, 6) is 0.898. The second kappa shape index (κ2) is 22.7. The zero-order valence-corrected chi connectivity index (χ0v) is 11.1. The van der Waals surface area contributed by atoms with Crippen molar-refractivity contribution >= 4 is 0 Å². The van der Waals surface area contributed by atoms with Gasteiger partial charge in [0.1, 0.15) is 0 Å². The molecule has 0 rings (SSSR count). The van der Waals surface area contributed by atoms with Crippen molar-refractivity contribution in [1.82, 2.24) is 0 Å². The van der Waals surface area contributed by atoms with Gasteiger partial charge in [-0.3, -0.25) is 0 Å². The largest absolute Gasteiger partial charge is 0.0683 e. The molecule has 84 valence electrons. The Kier molecular flexibility index (Phi) is 32.7. The third-order valence-corrected chi connectivity index (χ3v) is 1.57. The molecule has 0 saturated carbocycles. The molecule has 0 amide bonds. The molecule has 13 heavy (non-hydrogen) atoms. The molecule has 0 N–H and O–H groups in total. The Morgan fingerprint density at radius 2 is 1.15 bits per heavy atom. The fraction of sp³-hybridized carbons (Fsp3) is 1.00. The minimum atomic E-state index is 0.898. The molecule has 0 fully saturated rings. The summed E-state index contributed by atoms with van der Waals surface area (Å²) in [6.07, 6.45) is 6.78. The van der Waals surface area contributed by atoms with Crippen LogP contribution in [0.4, 0.5) is 0 Å². The van der Waals surface area contributed by atoms with Crippen molar-refractivity contribution < 1.29 is 0 Å². The summed E-state index contributed by atoms with van der Waals surface area (Å²) in [5, 5.41) is 0. The van der Waals surface area contributed by atoms with Gasteiger partial charge in [0.05, 0.1) is 0 Å². The van der Waals surface area contributed by atoms with Crippen LogP contribution in [0.15, 0.2) is 0 Å². The Morgan fingerprint density at radius 3 is 1.15 bits per heavy atom. The van der Waals surface area contributed by atoms with E-state index in [1.54, 1.807) is 0 Å². The molecule has 0 spiro atoms. The molecule has 0 aliphatic carbocycles. The van der Waals surface area contributed by atoms with Crippen LogP contribution in [0.5, 0.6) is 0 Å². The summed E-state index contributed by atoms with van der Waals surface area (Å²) in [6.45, 7) is 15.2. The van der Waals surface area contributed by atoms with Crippen molar-refractivity contribution in [2.24, 2.45) is 5.92 Å². The van der Waals surface area contributed by atoms with Gasteiger partial charge in [-0.1, -0.05) is 80.6 Å². The highest BCUT2D eigenvalue weighted by molar-refractivity contribution is 4.38. The fourth-order valence-corrected chi connectivity index (χ4v) is 0.931. The molecule has 0 heterocycles. The summed E-state index contributed by atoms with van der Waals surface area (Å²) in [6, 6.07) is 0. The molecule has 0 aliphatic heterocycles. The molecule has 0 aliphatic rings. The van der Waals surface area contributed by atoms with E-state index in [1.165, 1.54) is 32.1 Å². The van der Waals surface area contributed by atoms with Crippen molar-refractivity contribution in [3.05, 3.63) is 0 Å². The molecule has 0 aromatic carbocycles. The minimum Gasteiger partial charge on any atom is -0.0683 e. The van der Waals surface area contributed by atoms with Gasteiger partial charge < -0.3 is 0 Å². The van der Waals surface area contributed by atoms with Crippen molar-refractivity contribution in [3.63, 3.8) is 0 Å². The van der Waals surface area contributed by atoms with Crippen molar-refractivity contribution in [2.75, 3.05) is 0 Å². The fourth-order valence-electron chi connectivity index (χ4n) is 0.931. The highest BCUT2D eigenvalue weighted by Gasteiger charge is 1.85. The van der Waals surface area contributed by atoms with Gasteiger partial charge in [0.25, 0.3) is 0 Å². The summed E-state index contributed by atoms with van der Waals surface area (Å²) < 4.78 is 0. The molecule has 0 saturated heterocycles. The lowest BCUT2D eigenvalue weighted by atomic mass is 10.1. The lowest BCUT2D eigenvalue weighted by molar-refractivity contribution is 0.576. The molecule has 0 bridgehead atoms. The Balaban J connectivity index is -0.000000131. The number of hydrogen-bond acceptors (Lipinski definition) is 0. The van der Waals surface area contributed by atoms with Crippen molar-refractivity contribution in [2.45, 2.75) is 80.6 Å². The van der Waals surface area contributed by atoms with E-state index in [0.717, 1.165) is 5.92 Å². The number of rotatable bonds is 4. The van der Waals surface area contributed by atoms with Crippen LogP contribution in [0.25, 0.3) is 0 Å². The predicted octanol–water partition coefficient (Wildman–Crippen LogP) is 5.67. The van der Waals surface area contributed by atoms with E-state index in [9.17, 15) is 0 Å². The van der Waals surface area contributed by atoms with E-state index in [0.29, 0.717) is 0 Å². The number of unbranched alkanes of at least 4 members (excludes halogenated alkanes) is 2. The maximum absolute atomic E-state index is 2.25. The van der Waals surface area contributed by atoms with E-state index in [-0.39, 0.29) is 0 Å². The molecule has 0 nitrogen and oxygen atoms in total. The smallest absolute Gasteiger partial charge is 0.0471 e. The van der Waals surface area contributed by atoms with Crippen LogP contribution in [0.2, 0.25) is 0 Å². The second-order valence-electron chi connectivity index (χ2n) is 3.54. The van der Waals surface area contributed by atoms with Crippen molar-refractivity contribution in [1.29, 1.82) is 0 Å². The van der Waals surface area contributed by atoms with Crippen LogP contribution < -0.4 is 0 Å². The van der Waals surface area contributed by atoms with Gasteiger partial charge in [0.2, 0.25) is 0 Å². The van der Waals surface area contributed by atoms with Crippen LogP contribution >= 0.6 is 0 Å². The maximum Gasteiger partial charge on any atom is -0.0471 e. The van der Waals surface area contributed by atoms with Crippen LogP contribution in [-0.2, 0) is 0 Å². The standard InChI is InChI=1S/C6H14.C5H12.C2H6/c1-4-5-6(2)3;1-3-5-4-2;1-2/h6H,4-5H2,1-3H3;3-5H2,1-2H3;1-2H3. The maximum atomic E-state index is 2.25. The average molecular weight is 188 g/mol. The van der Waals surface area contributed by atoms with E-state index in [2.05, 4.69) is 34.6 Å². The normalized spacial score (nSPS) is 8.31. The van der Waals surface area contributed by atoms with Gasteiger partial charge in [0, 0.05) is 0 Å². The third-order valence-electron chi connectivity index (χ3n) is 1.57. The Morgan fingerprint density at radius 1 is 0.769 bits per heavy atom. The zero-order chi connectivity index (χ0) is 11.1. The summed E-state index contributed by atoms with van der Waals surface area (Å²) in [5.41, 5.74) is 0. The van der Waals surface area contributed by atoms with Gasteiger partial charge in [-0.15, -0.1) is 0 Å². The lowest BCUT2D eigenvalue weighted by Crippen LogP contribution is -1.81. The van der Waals surface area contributed by atoms with Crippen molar-refractivity contribution in [3.8, 4) is 0 Å². The van der Waals surface area contributed by atoms with Gasteiger partial charge in [-0.25, -0.2) is 0 Å². The van der Waals surface area contributed by atoms with Crippen LogP contribution in [0, 0.1) is 5.92 Å². The molecule has 0 radical (unpaired) electrons. The zero-order valence-electron chi connectivity index (χ0n) is 11.1. The van der Waals surface area contributed by atoms with Crippen LogP contribution in [0.3, 0.4) is 0 Å². The first-order valence-electron chi connectivity index (χ1n) is 6.18. The third kappa shape index (κ3) is 48.0. The summed E-state index contributed by atoms with van der Waals surface area (Å²) in [4.78, 5) is 0. The molecule has 0 unspecified atom stereocenters. The van der Waals surface area contributed by atoms with Gasteiger partial charge >= 0.3 is 0 Å². The van der Waals surface area contributed by atoms with Gasteiger partial charge in [-0.2, -0.15) is 0 Å². The Bertz CT molecular complexity index is 44.0. The molecule has 0 heteroatoms.